The van der Waals surface area contributed by atoms with Gasteiger partial charge in [-0.15, -0.1) is 0 Å². The number of carbonyl (C=O) groups excluding carboxylic acids is 1. The number of H-pyrrole nitrogens is 1. The fraction of sp³-hybridized carbons (Fsp3) is 0.500. The van der Waals surface area contributed by atoms with Crippen LogP contribution in [0.1, 0.15) is 25.3 Å². The third kappa shape index (κ3) is 3.98. The van der Waals surface area contributed by atoms with Crippen LogP contribution in [0.4, 0.5) is 4.79 Å². The summed E-state index contributed by atoms with van der Waals surface area (Å²) in [7, 11) is 0. The molecule has 0 atom stereocenters. The molecule has 0 saturated heterocycles. The molecule has 0 spiro atoms. The first-order valence-electron chi connectivity index (χ1n) is 4.96. The van der Waals surface area contributed by atoms with E-state index in [0.29, 0.717) is 6.54 Å². The summed E-state index contributed by atoms with van der Waals surface area (Å²) in [6.07, 6.45) is 5.83. The van der Waals surface area contributed by atoms with Crippen molar-refractivity contribution in [2.24, 2.45) is 0 Å². The van der Waals surface area contributed by atoms with Gasteiger partial charge in [0, 0.05) is 25.5 Å². The van der Waals surface area contributed by atoms with Crippen molar-refractivity contribution in [3.05, 3.63) is 24.0 Å². The molecule has 3 N–H and O–H groups in total. The number of hydrogen-bond donors (Lipinski definition) is 3. The molecule has 1 aromatic heterocycles. The van der Waals surface area contributed by atoms with Gasteiger partial charge in [0.25, 0.3) is 0 Å². The standard InChI is InChI=1S/C10H17N3O/c1-2-3-5-12-10(14)13-8-9-4-6-11-7-9/h4,6-7,11H,2-3,5,8H2,1H3,(H2,12,13,14). The maximum atomic E-state index is 11.2. The summed E-state index contributed by atoms with van der Waals surface area (Å²) in [6, 6.07) is 1.84. The Balaban J connectivity index is 2.09. The smallest absolute Gasteiger partial charge is 0.315 e. The molecule has 4 heteroatoms. The molecule has 78 valence electrons. The summed E-state index contributed by atoms with van der Waals surface area (Å²) in [4.78, 5) is 14.1. The van der Waals surface area contributed by atoms with E-state index in [1.165, 1.54) is 0 Å². The van der Waals surface area contributed by atoms with Crippen molar-refractivity contribution < 1.29 is 4.79 Å². The van der Waals surface area contributed by atoms with Gasteiger partial charge < -0.3 is 15.6 Å². The second kappa shape index (κ2) is 6.07. The highest BCUT2D eigenvalue weighted by Crippen LogP contribution is 1.94. The largest absolute Gasteiger partial charge is 0.367 e. The summed E-state index contributed by atoms with van der Waals surface area (Å²) < 4.78 is 0. The van der Waals surface area contributed by atoms with E-state index in [0.717, 1.165) is 24.9 Å². The zero-order valence-corrected chi connectivity index (χ0v) is 8.47. The third-order valence-electron chi connectivity index (χ3n) is 1.93. The number of urea groups is 1. The van der Waals surface area contributed by atoms with Crippen molar-refractivity contribution in [2.45, 2.75) is 26.3 Å². The van der Waals surface area contributed by atoms with E-state index in [1.807, 2.05) is 18.5 Å². The van der Waals surface area contributed by atoms with Crippen LogP contribution in [-0.4, -0.2) is 17.6 Å². The summed E-state index contributed by atoms with van der Waals surface area (Å²) >= 11 is 0. The SMILES string of the molecule is CCCCNC(=O)NCc1cc[nH]c1. The maximum absolute atomic E-state index is 11.2. The first-order valence-corrected chi connectivity index (χ1v) is 4.96. The van der Waals surface area contributed by atoms with Gasteiger partial charge in [-0.05, 0) is 18.1 Å². The third-order valence-corrected chi connectivity index (χ3v) is 1.93. The molecule has 14 heavy (non-hydrogen) atoms. The van der Waals surface area contributed by atoms with Crippen molar-refractivity contribution in [2.75, 3.05) is 6.54 Å². The summed E-state index contributed by atoms with van der Waals surface area (Å²) in [6.45, 7) is 3.41. The molecule has 4 nitrogen and oxygen atoms in total. The highest BCUT2D eigenvalue weighted by atomic mass is 16.2. The Morgan fingerprint density at radius 3 is 3.00 bits per heavy atom. The predicted molar refractivity (Wildman–Crippen MR) is 55.9 cm³/mol. The molecule has 0 aromatic carbocycles. The number of amides is 2. The van der Waals surface area contributed by atoms with Crippen molar-refractivity contribution in [1.82, 2.24) is 15.6 Å². The van der Waals surface area contributed by atoms with Gasteiger partial charge in [-0.25, -0.2) is 4.79 Å². The van der Waals surface area contributed by atoms with Crippen LogP contribution in [0.25, 0.3) is 0 Å². The fourth-order valence-corrected chi connectivity index (χ4v) is 1.09. The Hall–Kier alpha value is -1.45. The van der Waals surface area contributed by atoms with Crippen LogP contribution in [0.15, 0.2) is 18.5 Å². The maximum Gasteiger partial charge on any atom is 0.315 e. The van der Waals surface area contributed by atoms with Crippen LogP contribution < -0.4 is 10.6 Å². The second-order valence-electron chi connectivity index (χ2n) is 3.18. The van der Waals surface area contributed by atoms with Crippen LogP contribution in [0.3, 0.4) is 0 Å². The van der Waals surface area contributed by atoms with Crippen molar-refractivity contribution in [3.63, 3.8) is 0 Å². The number of carbonyl (C=O) groups is 1. The lowest BCUT2D eigenvalue weighted by Gasteiger charge is -2.05. The van der Waals surface area contributed by atoms with Gasteiger partial charge in [0.2, 0.25) is 0 Å². The van der Waals surface area contributed by atoms with E-state index in [9.17, 15) is 4.79 Å². The molecular weight excluding hydrogens is 178 g/mol. The van der Waals surface area contributed by atoms with Crippen LogP contribution in [0.5, 0.6) is 0 Å². The molecule has 0 aliphatic carbocycles. The van der Waals surface area contributed by atoms with Gasteiger partial charge >= 0.3 is 6.03 Å². The van der Waals surface area contributed by atoms with E-state index < -0.39 is 0 Å². The molecule has 0 bridgehead atoms. The van der Waals surface area contributed by atoms with Crippen molar-refractivity contribution in [3.8, 4) is 0 Å². The molecule has 0 aliphatic rings. The van der Waals surface area contributed by atoms with Crippen LogP contribution in [0.2, 0.25) is 0 Å². The van der Waals surface area contributed by atoms with Gasteiger partial charge in [0.1, 0.15) is 0 Å². The number of nitrogens with one attached hydrogen (secondary N) is 3. The predicted octanol–water partition coefficient (Wildman–Crippen LogP) is 1.61. The monoisotopic (exact) mass is 195 g/mol. The quantitative estimate of drug-likeness (QED) is 0.614. The number of unbranched alkanes of at least 4 members (excludes halogenated alkanes) is 1. The number of rotatable bonds is 5. The molecule has 0 fully saturated rings. The number of aromatic nitrogens is 1. The summed E-state index contributed by atoms with van der Waals surface area (Å²) in [5.41, 5.74) is 1.08. The summed E-state index contributed by atoms with van der Waals surface area (Å²) in [5.74, 6) is 0. The Morgan fingerprint density at radius 2 is 2.36 bits per heavy atom. The lowest BCUT2D eigenvalue weighted by molar-refractivity contribution is 0.240. The topological polar surface area (TPSA) is 56.9 Å². The first-order chi connectivity index (χ1) is 6.83. The van der Waals surface area contributed by atoms with E-state index in [1.54, 1.807) is 0 Å². The summed E-state index contributed by atoms with van der Waals surface area (Å²) in [5, 5.41) is 5.56. The lowest BCUT2D eigenvalue weighted by atomic mass is 10.3. The lowest BCUT2D eigenvalue weighted by Crippen LogP contribution is -2.35. The molecule has 2 amide bonds. The fourth-order valence-electron chi connectivity index (χ4n) is 1.09. The zero-order valence-electron chi connectivity index (χ0n) is 8.47. The molecule has 0 unspecified atom stereocenters. The molecular formula is C10H17N3O. The molecule has 0 saturated carbocycles. The number of aromatic amines is 1. The van der Waals surface area contributed by atoms with E-state index in [4.69, 9.17) is 0 Å². The van der Waals surface area contributed by atoms with Crippen molar-refractivity contribution in [1.29, 1.82) is 0 Å². The Kier molecular flexibility index (Phi) is 4.61. The van der Waals surface area contributed by atoms with Gasteiger partial charge in [-0.3, -0.25) is 0 Å². The molecule has 1 aromatic rings. The molecule has 1 rings (SSSR count). The molecule has 0 aliphatic heterocycles. The molecule has 1 heterocycles. The second-order valence-corrected chi connectivity index (χ2v) is 3.18. The highest BCUT2D eigenvalue weighted by Gasteiger charge is 1.98. The van der Waals surface area contributed by atoms with Crippen LogP contribution in [-0.2, 0) is 6.54 Å². The minimum atomic E-state index is -0.0975. The van der Waals surface area contributed by atoms with Gasteiger partial charge in [0.15, 0.2) is 0 Å². The Morgan fingerprint density at radius 1 is 1.50 bits per heavy atom. The van der Waals surface area contributed by atoms with Crippen LogP contribution >= 0.6 is 0 Å². The normalized spacial score (nSPS) is 9.79. The molecule has 0 radical (unpaired) electrons. The van der Waals surface area contributed by atoms with Crippen molar-refractivity contribution >= 4 is 6.03 Å². The minimum absolute atomic E-state index is 0.0975. The highest BCUT2D eigenvalue weighted by molar-refractivity contribution is 5.73. The Bertz CT molecular complexity index is 256. The first kappa shape index (κ1) is 10.6. The number of hydrogen-bond acceptors (Lipinski definition) is 1. The minimum Gasteiger partial charge on any atom is -0.367 e. The van der Waals surface area contributed by atoms with Gasteiger partial charge in [0.05, 0.1) is 0 Å². The van der Waals surface area contributed by atoms with Crippen LogP contribution in [0, 0.1) is 0 Å². The van der Waals surface area contributed by atoms with E-state index in [-0.39, 0.29) is 6.03 Å². The Labute approximate surface area is 84.1 Å². The van der Waals surface area contributed by atoms with Gasteiger partial charge in [-0.1, -0.05) is 13.3 Å². The van der Waals surface area contributed by atoms with Gasteiger partial charge in [-0.2, -0.15) is 0 Å². The average molecular weight is 195 g/mol. The zero-order chi connectivity index (χ0) is 10.2. The average Bonchev–Trinajstić information content (AvgIpc) is 2.68. The van der Waals surface area contributed by atoms with E-state index in [2.05, 4.69) is 22.5 Å². The van der Waals surface area contributed by atoms with E-state index >= 15 is 0 Å².